The first kappa shape index (κ1) is 21.5. The number of anilines is 1. The molecule has 2 heterocycles. The van der Waals surface area contributed by atoms with Crippen LogP contribution in [0.25, 0.3) is 0 Å². The molecule has 8 heteroatoms. The number of rotatable bonds is 3. The van der Waals surface area contributed by atoms with Crippen LogP contribution in [-0.4, -0.2) is 29.3 Å². The van der Waals surface area contributed by atoms with Crippen LogP contribution in [0.2, 0.25) is 0 Å². The molecular formula is C22H27BFNO4S. The third-order valence-electron chi connectivity index (χ3n) is 6.48. The molecule has 1 aromatic carbocycles. The Hall–Kier alpha value is -1.74. The first-order valence-corrected chi connectivity index (χ1v) is 10.9. The SMILES string of the molecule is CC1(C)Cc2sc(C(=O)Nc3cc(B4OC(C)(C)C(C)(C)O4)ccc3F)cc2C1O. The summed E-state index contributed by atoms with van der Waals surface area (Å²) in [4.78, 5) is 14.2. The third-order valence-corrected chi connectivity index (χ3v) is 7.63. The van der Waals surface area contributed by atoms with E-state index in [0.29, 0.717) is 16.8 Å². The minimum absolute atomic E-state index is 0.0710. The van der Waals surface area contributed by atoms with Gasteiger partial charge in [-0.2, -0.15) is 0 Å². The predicted octanol–water partition coefficient (Wildman–Crippen LogP) is 4.05. The van der Waals surface area contributed by atoms with Gasteiger partial charge < -0.3 is 19.7 Å². The summed E-state index contributed by atoms with van der Waals surface area (Å²) in [6, 6.07) is 6.17. The number of carbonyl (C=O) groups is 1. The topological polar surface area (TPSA) is 67.8 Å². The van der Waals surface area contributed by atoms with Gasteiger partial charge in [0.1, 0.15) is 5.82 Å². The number of hydrogen-bond acceptors (Lipinski definition) is 5. The van der Waals surface area contributed by atoms with Crippen molar-refractivity contribution in [1.82, 2.24) is 0 Å². The molecule has 1 aliphatic carbocycles. The van der Waals surface area contributed by atoms with Gasteiger partial charge in [-0.25, -0.2) is 4.39 Å². The van der Waals surface area contributed by atoms with Crippen molar-refractivity contribution >= 4 is 35.5 Å². The molecule has 0 spiro atoms. The summed E-state index contributed by atoms with van der Waals surface area (Å²) in [6.07, 6.45) is 0.112. The molecule has 0 bridgehead atoms. The summed E-state index contributed by atoms with van der Waals surface area (Å²) in [6.45, 7) is 11.8. The van der Waals surface area contributed by atoms with Gasteiger partial charge >= 0.3 is 7.12 Å². The number of nitrogens with one attached hydrogen (secondary N) is 1. The van der Waals surface area contributed by atoms with Crippen molar-refractivity contribution in [1.29, 1.82) is 0 Å². The van der Waals surface area contributed by atoms with Crippen LogP contribution in [0.1, 0.15) is 67.8 Å². The highest BCUT2D eigenvalue weighted by Crippen LogP contribution is 2.48. The summed E-state index contributed by atoms with van der Waals surface area (Å²) < 4.78 is 26.5. The van der Waals surface area contributed by atoms with Crippen molar-refractivity contribution in [3.05, 3.63) is 45.4 Å². The van der Waals surface area contributed by atoms with Crippen molar-refractivity contribution in [2.24, 2.45) is 5.41 Å². The Labute approximate surface area is 180 Å². The molecule has 2 aliphatic rings. The second-order valence-electron chi connectivity index (χ2n) is 9.84. The smallest absolute Gasteiger partial charge is 0.399 e. The molecule has 5 nitrogen and oxygen atoms in total. The highest BCUT2D eigenvalue weighted by atomic mass is 32.1. The summed E-state index contributed by atoms with van der Waals surface area (Å²) in [5.74, 6) is -0.932. The number of hydrogen-bond donors (Lipinski definition) is 2. The molecule has 1 unspecified atom stereocenters. The highest BCUT2D eigenvalue weighted by molar-refractivity contribution is 7.14. The average molecular weight is 431 g/mol. The van der Waals surface area contributed by atoms with E-state index in [1.54, 1.807) is 18.2 Å². The van der Waals surface area contributed by atoms with Crippen molar-refractivity contribution < 1.29 is 23.6 Å². The monoisotopic (exact) mass is 431 g/mol. The van der Waals surface area contributed by atoms with Crippen molar-refractivity contribution in [3.63, 3.8) is 0 Å². The van der Waals surface area contributed by atoms with Crippen LogP contribution in [0, 0.1) is 11.2 Å². The molecule has 0 saturated carbocycles. The van der Waals surface area contributed by atoms with Crippen LogP contribution in [0.3, 0.4) is 0 Å². The molecule has 30 heavy (non-hydrogen) atoms. The maximum atomic E-state index is 14.4. The molecular weight excluding hydrogens is 404 g/mol. The van der Waals surface area contributed by atoms with Gasteiger partial charge in [-0.1, -0.05) is 19.9 Å². The molecule has 1 amide bonds. The number of fused-ring (bicyclic) bond motifs is 1. The fourth-order valence-electron chi connectivity index (χ4n) is 3.80. The van der Waals surface area contributed by atoms with E-state index < -0.39 is 36.1 Å². The molecule has 1 saturated heterocycles. The van der Waals surface area contributed by atoms with Crippen LogP contribution in [0.15, 0.2) is 24.3 Å². The Bertz CT molecular complexity index is 1000. The molecule has 2 aromatic rings. The Morgan fingerprint density at radius 1 is 1.17 bits per heavy atom. The van der Waals surface area contributed by atoms with Gasteiger partial charge in [0, 0.05) is 4.88 Å². The summed E-state index contributed by atoms with van der Waals surface area (Å²) >= 11 is 1.35. The zero-order valence-corrected chi connectivity index (χ0v) is 18.9. The van der Waals surface area contributed by atoms with E-state index in [1.165, 1.54) is 17.4 Å². The predicted molar refractivity (Wildman–Crippen MR) is 117 cm³/mol. The van der Waals surface area contributed by atoms with Crippen LogP contribution < -0.4 is 10.8 Å². The normalized spacial score (nSPS) is 23.5. The number of aliphatic hydroxyl groups excluding tert-OH is 1. The molecule has 1 fully saturated rings. The average Bonchev–Trinajstić information content (AvgIpc) is 3.20. The lowest BCUT2D eigenvalue weighted by molar-refractivity contribution is 0.00578. The Morgan fingerprint density at radius 2 is 1.80 bits per heavy atom. The fourth-order valence-corrected chi connectivity index (χ4v) is 5.13. The Morgan fingerprint density at radius 3 is 2.40 bits per heavy atom. The van der Waals surface area contributed by atoms with E-state index in [-0.39, 0.29) is 11.1 Å². The summed E-state index contributed by atoms with van der Waals surface area (Å²) in [5, 5.41) is 13.1. The van der Waals surface area contributed by atoms with E-state index in [9.17, 15) is 14.3 Å². The maximum Gasteiger partial charge on any atom is 0.494 e. The minimum atomic E-state index is -0.644. The lowest BCUT2D eigenvalue weighted by Gasteiger charge is -2.32. The molecule has 0 radical (unpaired) electrons. The van der Waals surface area contributed by atoms with Crippen molar-refractivity contribution in [3.8, 4) is 0 Å². The Kier molecular flexibility index (Phi) is 4.93. The van der Waals surface area contributed by atoms with Crippen LogP contribution in [0.5, 0.6) is 0 Å². The lowest BCUT2D eigenvalue weighted by atomic mass is 9.79. The number of amides is 1. The number of aliphatic hydroxyl groups is 1. The first-order chi connectivity index (χ1) is 13.8. The lowest BCUT2D eigenvalue weighted by Crippen LogP contribution is -2.41. The standard InChI is InChI=1S/C22H27BFNO4S/c1-20(2)11-17-13(18(20)26)10-16(30-17)19(27)25-15-9-12(7-8-14(15)24)23-28-21(3,4)22(5,6)29-23/h7-10,18,26H,11H2,1-6H3,(H,25,27). The molecule has 1 atom stereocenters. The molecule has 1 aliphatic heterocycles. The quantitative estimate of drug-likeness (QED) is 0.720. The minimum Gasteiger partial charge on any atom is -0.399 e. The van der Waals surface area contributed by atoms with Crippen LogP contribution in [-0.2, 0) is 15.7 Å². The van der Waals surface area contributed by atoms with E-state index in [1.807, 2.05) is 41.5 Å². The van der Waals surface area contributed by atoms with E-state index in [4.69, 9.17) is 9.31 Å². The van der Waals surface area contributed by atoms with Gasteiger partial charge in [0.2, 0.25) is 0 Å². The van der Waals surface area contributed by atoms with E-state index >= 15 is 0 Å². The molecule has 4 rings (SSSR count). The van der Waals surface area contributed by atoms with Gasteiger partial charge in [0.05, 0.1) is 27.9 Å². The Balaban J connectivity index is 1.54. The number of thiophene rings is 1. The highest BCUT2D eigenvalue weighted by Gasteiger charge is 2.51. The van der Waals surface area contributed by atoms with Crippen molar-refractivity contribution in [2.75, 3.05) is 5.32 Å². The summed E-state index contributed by atoms with van der Waals surface area (Å²) in [5.41, 5.74) is 0.238. The van der Waals surface area contributed by atoms with Gasteiger partial charge in [0.25, 0.3) is 5.91 Å². The molecule has 160 valence electrons. The third kappa shape index (κ3) is 3.49. The number of halogens is 1. The summed E-state index contributed by atoms with van der Waals surface area (Å²) in [7, 11) is -0.644. The second-order valence-corrected chi connectivity index (χ2v) is 11.0. The zero-order valence-electron chi connectivity index (χ0n) is 18.1. The van der Waals surface area contributed by atoms with E-state index in [2.05, 4.69) is 5.32 Å². The van der Waals surface area contributed by atoms with E-state index in [0.717, 1.165) is 10.4 Å². The van der Waals surface area contributed by atoms with Gasteiger partial charge in [-0.15, -0.1) is 11.3 Å². The first-order valence-electron chi connectivity index (χ1n) is 10.1. The fraction of sp³-hybridized carbons (Fsp3) is 0.500. The van der Waals surface area contributed by atoms with Gasteiger partial charge in [0.15, 0.2) is 0 Å². The van der Waals surface area contributed by atoms with Crippen molar-refractivity contribution in [2.45, 2.75) is 65.3 Å². The second kappa shape index (κ2) is 6.89. The maximum absolute atomic E-state index is 14.4. The van der Waals surface area contributed by atoms with Crippen LogP contribution >= 0.6 is 11.3 Å². The number of benzene rings is 1. The van der Waals surface area contributed by atoms with Crippen LogP contribution in [0.4, 0.5) is 10.1 Å². The number of carbonyl (C=O) groups excluding carboxylic acids is 1. The molecule has 2 N–H and O–H groups in total. The van der Waals surface area contributed by atoms with Gasteiger partial charge in [-0.3, -0.25) is 4.79 Å². The van der Waals surface area contributed by atoms with Gasteiger partial charge in [-0.05, 0) is 68.8 Å². The largest absolute Gasteiger partial charge is 0.494 e. The molecule has 1 aromatic heterocycles. The zero-order chi connectivity index (χ0) is 22.1.